The van der Waals surface area contributed by atoms with E-state index in [4.69, 9.17) is 4.74 Å². The lowest BCUT2D eigenvalue weighted by atomic mass is 9.99. The summed E-state index contributed by atoms with van der Waals surface area (Å²) in [6, 6.07) is 23.8. The second kappa shape index (κ2) is 9.27. The third kappa shape index (κ3) is 5.04. The monoisotopic (exact) mass is 390 g/mol. The van der Waals surface area contributed by atoms with Gasteiger partial charge < -0.3 is 10.1 Å². The van der Waals surface area contributed by atoms with E-state index in [9.17, 15) is 19.7 Å². The summed E-state index contributed by atoms with van der Waals surface area (Å²) in [6.45, 7) is -0.555. The van der Waals surface area contributed by atoms with Crippen LogP contribution in [0.3, 0.4) is 0 Å². The predicted molar refractivity (Wildman–Crippen MR) is 106 cm³/mol. The largest absolute Gasteiger partial charge is 0.452 e. The average molecular weight is 390 g/mol. The Labute approximate surface area is 167 Å². The minimum Gasteiger partial charge on any atom is -0.452 e. The highest BCUT2D eigenvalue weighted by atomic mass is 16.6. The number of ether oxygens (including phenoxy) is 1. The van der Waals surface area contributed by atoms with Crippen molar-refractivity contribution in [1.29, 1.82) is 0 Å². The van der Waals surface area contributed by atoms with E-state index < -0.39 is 29.4 Å². The van der Waals surface area contributed by atoms with Gasteiger partial charge in [-0.05, 0) is 17.2 Å². The molecule has 7 heteroatoms. The first-order chi connectivity index (χ1) is 14.1. The summed E-state index contributed by atoms with van der Waals surface area (Å²) in [5, 5.41) is 13.9. The number of nitrogens with one attached hydrogen (secondary N) is 1. The van der Waals surface area contributed by atoms with Gasteiger partial charge in [0.25, 0.3) is 11.6 Å². The standard InChI is InChI=1S/C22H18N2O5/c25-20(15-29-22(26)18-13-7-8-14-19(18)24(27)28)23-21(16-9-3-1-4-10-16)17-11-5-2-6-12-17/h1-14,21H,15H2,(H,23,25). The van der Waals surface area contributed by atoms with Gasteiger partial charge in [0.15, 0.2) is 6.61 Å². The van der Waals surface area contributed by atoms with Crippen molar-refractivity contribution in [1.82, 2.24) is 5.32 Å². The molecule has 3 aromatic carbocycles. The number of amides is 1. The van der Waals surface area contributed by atoms with Crippen LogP contribution in [0, 0.1) is 10.1 Å². The molecule has 1 N–H and O–H groups in total. The van der Waals surface area contributed by atoms with Crippen molar-refractivity contribution < 1.29 is 19.2 Å². The molecular formula is C22H18N2O5. The number of hydrogen-bond donors (Lipinski definition) is 1. The van der Waals surface area contributed by atoms with Crippen molar-refractivity contribution in [3.63, 3.8) is 0 Å². The van der Waals surface area contributed by atoms with Gasteiger partial charge in [0.1, 0.15) is 5.56 Å². The van der Waals surface area contributed by atoms with Crippen LogP contribution in [-0.4, -0.2) is 23.4 Å². The fraction of sp³-hybridized carbons (Fsp3) is 0.0909. The SMILES string of the molecule is O=C(COC(=O)c1ccccc1[N+](=O)[O-])NC(c1ccccc1)c1ccccc1. The van der Waals surface area contributed by atoms with Crippen LogP contribution in [0.15, 0.2) is 84.9 Å². The molecule has 0 bridgehead atoms. The summed E-state index contributed by atoms with van der Waals surface area (Å²) in [6.07, 6.45) is 0. The van der Waals surface area contributed by atoms with E-state index in [0.717, 1.165) is 11.1 Å². The highest BCUT2D eigenvalue weighted by Gasteiger charge is 2.22. The molecule has 0 aliphatic heterocycles. The molecule has 0 heterocycles. The number of rotatable bonds is 7. The molecule has 0 saturated heterocycles. The zero-order valence-corrected chi connectivity index (χ0v) is 15.4. The van der Waals surface area contributed by atoms with Gasteiger partial charge in [0.05, 0.1) is 11.0 Å². The third-order valence-electron chi connectivity index (χ3n) is 4.23. The van der Waals surface area contributed by atoms with Gasteiger partial charge in [-0.1, -0.05) is 72.8 Å². The Morgan fingerprint density at radius 2 is 1.38 bits per heavy atom. The molecule has 1 amide bonds. The molecular weight excluding hydrogens is 372 g/mol. The summed E-state index contributed by atoms with van der Waals surface area (Å²) in [4.78, 5) is 35.0. The Hall–Kier alpha value is -4.00. The van der Waals surface area contributed by atoms with Gasteiger partial charge in [-0.25, -0.2) is 4.79 Å². The van der Waals surface area contributed by atoms with Gasteiger partial charge in [-0.2, -0.15) is 0 Å². The van der Waals surface area contributed by atoms with Crippen LogP contribution < -0.4 is 5.32 Å². The Bertz CT molecular complexity index is 966. The molecule has 0 radical (unpaired) electrons. The van der Waals surface area contributed by atoms with E-state index in [2.05, 4.69) is 5.32 Å². The zero-order chi connectivity index (χ0) is 20.6. The predicted octanol–water partition coefficient (Wildman–Crippen LogP) is 3.66. The fourth-order valence-corrected chi connectivity index (χ4v) is 2.87. The molecule has 0 fully saturated rings. The lowest BCUT2D eigenvalue weighted by Crippen LogP contribution is -2.33. The normalized spacial score (nSPS) is 10.4. The van der Waals surface area contributed by atoms with E-state index in [0.29, 0.717) is 0 Å². The number of hydrogen-bond acceptors (Lipinski definition) is 5. The first-order valence-corrected chi connectivity index (χ1v) is 8.86. The van der Waals surface area contributed by atoms with Crippen LogP contribution in [0.4, 0.5) is 5.69 Å². The first kappa shape index (κ1) is 19.8. The highest BCUT2D eigenvalue weighted by Crippen LogP contribution is 2.22. The second-order valence-electron chi connectivity index (χ2n) is 6.17. The molecule has 0 atom stereocenters. The average Bonchev–Trinajstić information content (AvgIpc) is 2.77. The van der Waals surface area contributed by atoms with Gasteiger partial charge in [0, 0.05) is 6.07 Å². The Morgan fingerprint density at radius 3 is 1.93 bits per heavy atom. The number of esters is 1. The lowest BCUT2D eigenvalue weighted by molar-refractivity contribution is -0.385. The maximum absolute atomic E-state index is 12.4. The number of para-hydroxylation sites is 1. The van der Waals surface area contributed by atoms with Crippen molar-refractivity contribution in [2.45, 2.75) is 6.04 Å². The third-order valence-corrected chi connectivity index (χ3v) is 4.23. The molecule has 146 valence electrons. The number of carbonyl (C=O) groups is 2. The molecule has 3 rings (SSSR count). The highest BCUT2D eigenvalue weighted by molar-refractivity contribution is 5.95. The fourth-order valence-electron chi connectivity index (χ4n) is 2.87. The van der Waals surface area contributed by atoms with E-state index in [1.54, 1.807) is 0 Å². The van der Waals surface area contributed by atoms with E-state index in [1.807, 2.05) is 60.7 Å². The van der Waals surface area contributed by atoms with Crippen LogP contribution in [0.1, 0.15) is 27.5 Å². The summed E-state index contributed by atoms with van der Waals surface area (Å²) < 4.78 is 5.00. The summed E-state index contributed by atoms with van der Waals surface area (Å²) in [5.74, 6) is -1.45. The Morgan fingerprint density at radius 1 is 0.862 bits per heavy atom. The molecule has 0 spiro atoms. The molecule has 3 aromatic rings. The van der Waals surface area contributed by atoms with E-state index in [-0.39, 0.29) is 11.3 Å². The van der Waals surface area contributed by atoms with Crippen LogP contribution in [0.25, 0.3) is 0 Å². The number of nitrogens with zero attached hydrogens (tertiary/aromatic N) is 1. The molecule has 0 aliphatic rings. The molecule has 7 nitrogen and oxygen atoms in total. The Balaban J connectivity index is 1.70. The lowest BCUT2D eigenvalue weighted by Gasteiger charge is -2.20. The smallest absolute Gasteiger partial charge is 0.345 e. The van der Waals surface area contributed by atoms with Crippen molar-refractivity contribution >= 4 is 17.6 Å². The Kier molecular flexibility index (Phi) is 6.32. The second-order valence-corrected chi connectivity index (χ2v) is 6.17. The quantitative estimate of drug-likeness (QED) is 0.377. The van der Waals surface area contributed by atoms with Gasteiger partial charge in [-0.3, -0.25) is 14.9 Å². The summed E-state index contributed by atoms with van der Waals surface area (Å²) >= 11 is 0. The van der Waals surface area contributed by atoms with Gasteiger partial charge in [0.2, 0.25) is 0 Å². The minimum atomic E-state index is -0.927. The van der Waals surface area contributed by atoms with E-state index in [1.165, 1.54) is 24.3 Å². The number of carbonyl (C=O) groups excluding carboxylic acids is 2. The van der Waals surface area contributed by atoms with Crippen LogP contribution in [-0.2, 0) is 9.53 Å². The first-order valence-electron chi connectivity index (χ1n) is 8.86. The molecule has 0 unspecified atom stereocenters. The van der Waals surface area contributed by atoms with Crippen molar-refractivity contribution in [2.24, 2.45) is 0 Å². The van der Waals surface area contributed by atoms with Gasteiger partial charge >= 0.3 is 5.97 Å². The zero-order valence-electron chi connectivity index (χ0n) is 15.4. The molecule has 29 heavy (non-hydrogen) atoms. The van der Waals surface area contributed by atoms with Crippen molar-refractivity contribution in [3.8, 4) is 0 Å². The minimum absolute atomic E-state index is 0.201. The molecule has 0 aliphatic carbocycles. The molecule has 0 aromatic heterocycles. The van der Waals surface area contributed by atoms with Gasteiger partial charge in [-0.15, -0.1) is 0 Å². The number of benzene rings is 3. The number of nitro groups is 1. The van der Waals surface area contributed by atoms with Crippen molar-refractivity contribution in [2.75, 3.05) is 6.61 Å². The summed E-state index contributed by atoms with van der Waals surface area (Å²) in [7, 11) is 0. The maximum atomic E-state index is 12.4. The van der Waals surface area contributed by atoms with Crippen LogP contribution >= 0.6 is 0 Å². The number of nitro benzene ring substituents is 1. The molecule has 0 saturated carbocycles. The van der Waals surface area contributed by atoms with E-state index >= 15 is 0 Å². The van der Waals surface area contributed by atoms with Crippen LogP contribution in [0.2, 0.25) is 0 Å². The maximum Gasteiger partial charge on any atom is 0.345 e. The summed E-state index contributed by atoms with van der Waals surface area (Å²) in [5.41, 5.74) is 1.17. The van der Waals surface area contributed by atoms with Crippen molar-refractivity contribution in [3.05, 3.63) is 112 Å². The topological polar surface area (TPSA) is 98.5 Å². The van der Waals surface area contributed by atoms with Crippen LogP contribution in [0.5, 0.6) is 0 Å².